The van der Waals surface area contributed by atoms with Gasteiger partial charge in [-0.2, -0.15) is 8.75 Å². The molecule has 0 fully saturated rings. The standard InChI is InChI=1S/C10H6N2O4S/c13-9(14)6-4-2-1-3-5(6)7-8(10(15)16)12-17-11-7/h1-4H,(H,13,14)(H,15,16). The molecular weight excluding hydrogens is 244 g/mol. The van der Waals surface area contributed by atoms with E-state index in [-0.39, 0.29) is 22.5 Å². The summed E-state index contributed by atoms with van der Waals surface area (Å²) in [5.41, 5.74) is 0.109. The second-order valence-electron chi connectivity index (χ2n) is 3.12. The van der Waals surface area contributed by atoms with Crippen molar-refractivity contribution >= 4 is 23.7 Å². The number of carboxylic acid groups (broad SMARTS) is 2. The van der Waals surface area contributed by atoms with Gasteiger partial charge in [0.25, 0.3) is 0 Å². The molecule has 0 aliphatic carbocycles. The SMILES string of the molecule is O=C(O)c1ccccc1-c1nsnc1C(=O)O. The molecule has 2 N–H and O–H groups in total. The Bertz CT molecular complexity index is 593. The zero-order valence-electron chi connectivity index (χ0n) is 8.32. The van der Waals surface area contributed by atoms with E-state index in [4.69, 9.17) is 10.2 Å². The van der Waals surface area contributed by atoms with Crippen molar-refractivity contribution in [1.82, 2.24) is 8.75 Å². The number of aromatic nitrogens is 2. The minimum atomic E-state index is -1.23. The smallest absolute Gasteiger partial charge is 0.357 e. The molecule has 0 aliphatic heterocycles. The zero-order chi connectivity index (χ0) is 12.4. The van der Waals surface area contributed by atoms with Crippen LogP contribution < -0.4 is 0 Å². The van der Waals surface area contributed by atoms with Crippen molar-refractivity contribution < 1.29 is 19.8 Å². The van der Waals surface area contributed by atoms with Crippen molar-refractivity contribution in [3.63, 3.8) is 0 Å². The molecule has 0 saturated carbocycles. The van der Waals surface area contributed by atoms with Crippen LogP contribution in [0.15, 0.2) is 24.3 Å². The second kappa shape index (κ2) is 4.30. The third kappa shape index (κ3) is 2.00. The summed E-state index contributed by atoms with van der Waals surface area (Å²) < 4.78 is 7.47. The maximum atomic E-state index is 11.0. The van der Waals surface area contributed by atoms with Gasteiger partial charge in [0.2, 0.25) is 0 Å². The molecule has 86 valence electrons. The predicted octanol–water partition coefficient (Wildman–Crippen LogP) is 1.60. The van der Waals surface area contributed by atoms with Crippen LogP contribution in [0, 0.1) is 0 Å². The highest BCUT2D eigenvalue weighted by atomic mass is 32.1. The highest BCUT2D eigenvalue weighted by Crippen LogP contribution is 2.25. The molecular formula is C10H6N2O4S. The van der Waals surface area contributed by atoms with Gasteiger partial charge < -0.3 is 10.2 Å². The Balaban J connectivity index is 2.64. The van der Waals surface area contributed by atoms with E-state index < -0.39 is 11.9 Å². The monoisotopic (exact) mass is 250 g/mol. The van der Waals surface area contributed by atoms with Crippen LogP contribution in [0.3, 0.4) is 0 Å². The van der Waals surface area contributed by atoms with Crippen molar-refractivity contribution in [1.29, 1.82) is 0 Å². The van der Waals surface area contributed by atoms with Crippen LogP contribution >= 0.6 is 11.7 Å². The number of nitrogens with zero attached hydrogens (tertiary/aromatic N) is 2. The minimum Gasteiger partial charge on any atom is -0.478 e. The Morgan fingerprint density at radius 2 is 1.76 bits per heavy atom. The first-order valence-corrected chi connectivity index (χ1v) is 5.23. The summed E-state index contributed by atoms with van der Waals surface area (Å²) in [6.07, 6.45) is 0. The van der Waals surface area contributed by atoms with Gasteiger partial charge in [-0.1, -0.05) is 18.2 Å². The van der Waals surface area contributed by atoms with Crippen LogP contribution in [-0.2, 0) is 0 Å². The fourth-order valence-corrected chi connectivity index (χ4v) is 1.94. The molecule has 0 spiro atoms. The summed E-state index contributed by atoms with van der Waals surface area (Å²) in [7, 11) is 0. The molecule has 1 heterocycles. The normalized spacial score (nSPS) is 10.1. The van der Waals surface area contributed by atoms with Gasteiger partial charge in [0.15, 0.2) is 5.69 Å². The number of aromatic carboxylic acids is 2. The van der Waals surface area contributed by atoms with Gasteiger partial charge in [-0.15, -0.1) is 0 Å². The summed E-state index contributed by atoms with van der Waals surface area (Å²) in [5, 5.41) is 17.9. The average molecular weight is 250 g/mol. The second-order valence-corrected chi connectivity index (χ2v) is 3.65. The predicted molar refractivity (Wildman–Crippen MR) is 59.3 cm³/mol. The van der Waals surface area contributed by atoms with Gasteiger partial charge in [-0.25, -0.2) is 9.59 Å². The van der Waals surface area contributed by atoms with Gasteiger partial charge >= 0.3 is 11.9 Å². The third-order valence-corrected chi connectivity index (χ3v) is 2.63. The van der Waals surface area contributed by atoms with E-state index in [9.17, 15) is 9.59 Å². The first kappa shape index (κ1) is 11.2. The molecule has 0 aliphatic rings. The van der Waals surface area contributed by atoms with E-state index in [0.29, 0.717) is 0 Å². The van der Waals surface area contributed by atoms with Crippen LogP contribution in [-0.4, -0.2) is 30.9 Å². The van der Waals surface area contributed by atoms with Crippen molar-refractivity contribution in [2.24, 2.45) is 0 Å². The molecule has 1 aromatic heterocycles. The van der Waals surface area contributed by atoms with Crippen LogP contribution in [0.4, 0.5) is 0 Å². The molecule has 0 saturated heterocycles. The Kier molecular flexibility index (Phi) is 2.84. The minimum absolute atomic E-state index is 0.00250. The molecule has 17 heavy (non-hydrogen) atoms. The molecule has 7 heteroatoms. The number of carbonyl (C=O) groups is 2. The number of hydrogen-bond acceptors (Lipinski definition) is 5. The summed E-state index contributed by atoms with van der Waals surface area (Å²) >= 11 is 0.736. The zero-order valence-corrected chi connectivity index (χ0v) is 9.14. The average Bonchev–Trinajstić information content (AvgIpc) is 2.77. The molecule has 0 atom stereocenters. The van der Waals surface area contributed by atoms with Gasteiger partial charge in [0.05, 0.1) is 17.3 Å². The fourth-order valence-electron chi connectivity index (χ4n) is 1.38. The van der Waals surface area contributed by atoms with Crippen molar-refractivity contribution in [3.05, 3.63) is 35.5 Å². The topological polar surface area (TPSA) is 100 Å². The molecule has 1 aromatic carbocycles. The van der Waals surface area contributed by atoms with Gasteiger partial charge in [0.1, 0.15) is 5.69 Å². The summed E-state index contributed by atoms with van der Waals surface area (Å²) in [5.74, 6) is -2.36. The molecule has 0 radical (unpaired) electrons. The number of carboxylic acids is 2. The van der Waals surface area contributed by atoms with E-state index in [2.05, 4.69) is 8.75 Å². The van der Waals surface area contributed by atoms with E-state index in [0.717, 1.165) is 11.7 Å². The Hall–Kier alpha value is -2.28. The molecule has 2 aromatic rings. The lowest BCUT2D eigenvalue weighted by molar-refractivity contribution is 0.0681. The molecule has 0 bridgehead atoms. The van der Waals surface area contributed by atoms with Gasteiger partial charge in [-0.05, 0) is 6.07 Å². The lowest BCUT2D eigenvalue weighted by Crippen LogP contribution is -2.03. The van der Waals surface area contributed by atoms with Gasteiger partial charge in [-0.3, -0.25) is 0 Å². The molecule has 2 rings (SSSR count). The number of hydrogen-bond donors (Lipinski definition) is 2. The van der Waals surface area contributed by atoms with Crippen LogP contribution in [0.1, 0.15) is 20.8 Å². The van der Waals surface area contributed by atoms with E-state index in [1.54, 1.807) is 12.1 Å². The number of benzene rings is 1. The third-order valence-electron chi connectivity index (χ3n) is 2.10. The van der Waals surface area contributed by atoms with Crippen molar-refractivity contribution in [3.8, 4) is 11.3 Å². The Morgan fingerprint density at radius 3 is 2.41 bits per heavy atom. The summed E-state index contributed by atoms with van der Waals surface area (Å²) in [6.45, 7) is 0. The van der Waals surface area contributed by atoms with Crippen molar-refractivity contribution in [2.45, 2.75) is 0 Å². The van der Waals surface area contributed by atoms with E-state index in [1.807, 2.05) is 0 Å². The molecule has 6 nitrogen and oxygen atoms in total. The Labute approximate surface area is 99.5 Å². The maximum Gasteiger partial charge on any atom is 0.357 e. The van der Waals surface area contributed by atoms with Crippen molar-refractivity contribution in [2.75, 3.05) is 0 Å². The highest BCUT2D eigenvalue weighted by Gasteiger charge is 2.21. The lowest BCUT2D eigenvalue weighted by atomic mass is 10.0. The van der Waals surface area contributed by atoms with E-state index >= 15 is 0 Å². The van der Waals surface area contributed by atoms with Crippen LogP contribution in [0.2, 0.25) is 0 Å². The fraction of sp³-hybridized carbons (Fsp3) is 0. The first-order valence-electron chi connectivity index (χ1n) is 4.50. The largest absolute Gasteiger partial charge is 0.478 e. The van der Waals surface area contributed by atoms with Gasteiger partial charge in [0, 0.05) is 5.56 Å². The van der Waals surface area contributed by atoms with Crippen LogP contribution in [0.5, 0.6) is 0 Å². The summed E-state index contributed by atoms with van der Waals surface area (Å²) in [4.78, 5) is 21.9. The number of rotatable bonds is 3. The molecule has 0 amide bonds. The summed E-state index contributed by atoms with van der Waals surface area (Å²) in [6, 6.07) is 6.08. The van der Waals surface area contributed by atoms with E-state index in [1.165, 1.54) is 12.1 Å². The first-order chi connectivity index (χ1) is 8.11. The Morgan fingerprint density at radius 1 is 1.06 bits per heavy atom. The molecule has 0 unspecified atom stereocenters. The highest BCUT2D eigenvalue weighted by molar-refractivity contribution is 6.99. The van der Waals surface area contributed by atoms with Crippen LogP contribution in [0.25, 0.3) is 11.3 Å². The lowest BCUT2D eigenvalue weighted by Gasteiger charge is -2.02. The maximum absolute atomic E-state index is 11.0. The quantitative estimate of drug-likeness (QED) is 0.858.